The Labute approximate surface area is 234 Å². The van der Waals surface area contributed by atoms with Crippen molar-refractivity contribution < 1.29 is 35.5 Å². The predicted molar refractivity (Wildman–Crippen MR) is 146 cm³/mol. The fourth-order valence-electron chi connectivity index (χ4n) is 6.77. The van der Waals surface area contributed by atoms with Gasteiger partial charge in [-0.1, -0.05) is 70.0 Å². The van der Waals surface area contributed by atoms with Crippen molar-refractivity contribution in [3.8, 4) is 16.9 Å². The van der Waals surface area contributed by atoms with Crippen LogP contribution in [0, 0.1) is 35.1 Å². The van der Waals surface area contributed by atoms with Gasteiger partial charge in [0.15, 0.2) is 11.6 Å². The minimum Gasteiger partial charge on any atom is -0.399 e. The highest BCUT2D eigenvalue weighted by atomic mass is 28.3. The first kappa shape index (κ1) is 30.9. The normalized spacial score (nSPS) is 23.8. The summed E-state index contributed by atoms with van der Waals surface area (Å²) in [6, 6.07) is 7.77. The van der Waals surface area contributed by atoms with Gasteiger partial charge in [0.2, 0.25) is 5.75 Å². The van der Waals surface area contributed by atoms with E-state index in [9.17, 15) is 22.0 Å². The zero-order chi connectivity index (χ0) is 28.9. The highest BCUT2D eigenvalue weighted by Gasteiger charge is 2.34. The molecule has 9 heteroatoms. The molecule has 1 aliphatic heterocycles. The van der Waals surface area contributed by atoms with Crippen LogP contribution in [0.25, 0.3) is 11.1 Å². The summed E-state index contributed by atoms with van der Waals surface area (Å²) >= 11 is 0. The lowest BCUT2D eigenvalue weighted by Crippen LogP contribution is -2.22. The van der Waals surface area contributed by atoms with Gasteiger partial charge in [0.1, 0.15) is 11.6 Å². The number of ether oxygens (including phenoxy) is 1. The lowest BCUT2D eigenvalue weighted by molar-refractivity contribution is -0.276. The number of unbranched alkanes of at least 4 members (excludes halogenated alkanes) is 2. The summed E-state index contributed by atoms with van der Waals surface area (Å²) in [5, 5.41) is 0. The standard InChI is InChI=1S/C31H39F7OSi/c1-2-3-4-13-40-14-11-21(12-15-40)6-5-20-7-9-22(10-8-20)23-16-25(32)29(26(33)17-23)24-18-27(34)30(28(35)19-24)39-31(36,37)38/h16-22,40H,2-15H2,1H3/t20-,21?,22-,40?. The van der Waals surface area contributed by atoms with Crippen LogP contribution in [0.5, 0.6) is 5.75 Å². The number of alkyl halides is 3. The second kappa shape index (κ2) is 13.8. The molecule has 40 heavy (non-hydrogen) atoms. The SMILES string of the molecule is CCCCC[SiH]1CCC(CC[C@H]2CC[C@H](c3cc(F)c(-c4cc(F)c(OC(F)(F)F)c(F)c4)c(F)c3)CC2)CC1. The van der Waals surface area contributed by atoms with Crippen LogP contribution in [0.4, 0.5) is 30.7 Å². The molecule has 1 aliphatic carbocycles. The summed E-state index contributed by atoms with van der Waals surface area (Å²) in [6.07, 6.45) is 7.74. The van der Waals surface area contributed by atoms with Crippen LogP contribution in [0.2, 0.25) is 18.1 Å². The van der Waals surface area contributed by atoms with E-state index in [1.165, 1.54) is 75.2 Å². The van der Waals surface area contributed by atoms with Crippen LogP contribution in [-0.2, 0) is 0 Å². The first-order valence-corrected chi connectivity index (χ1v) is 17.2. The summed E-state index contributed by atoms with van der Waals surface area (Å²) in [6.45, 7) is 2.26. The Morgan fingerprint density at radius 3 is 1.82 bits per heavy atom. The minimum absolute atomic E-state index is 0.00473. The van der Waals surface area contributed by atoms with Crippen molar-refractivity contribution in [2.75, 3.05) is 0 Å². The molecule has 1 saturated heterocycles. The molecular formula is C31H39F7OSi. The summed E-state index contributed by atoms with van der Waals surface area (Å²) in [5.41, 5.74) is -0.717. The van der Waals surface area contributed by atoms with Crippen molar-refractivity contribution >= 4 is 8.80 Å². The zero-order valence-corrected chi connectivity index (χ0v) is 24.2. The lowest BCUT2D eigenvalue weighted by Gasteiger charge is -2.32. The van der Waals surface area contributed by atoms with E-state index in [-0.39, 0.29) is 5.92 Å². The number of benzene rings is 2. The van der Waals surface area contributed by atoms with Gasteiger partial charge in [-0.25, -0.2) is 17.6 Å². The molecule has 2 aromatic carbocycles. The Bertz CT molecular complexity index is 1070. The number of halogens is 7. The molecule has 1 heterocycles. The molecule has 0 aromatic heterocycles. The smallest absolute Gasteiger partial charge is 0.399 e. The molecule has 222 valence electrons. The van der Waals surface area contributed by atoms with E-state index in [1.807, 2.05) is 0 Å². The molecule has 0 unspecified atom stereocenters. The van der Waals surface area contributed by atoms with Crippen molar-refractivity contribution in [1.82, 2.24) is 0 Å². The Balaban J connectivity index is 1.30. The Hall–Kier alpha value is -2.03. The summed E-state index contributed by atoms with van der Waals surface area (Å²) in [4.78, 5) is 0. The van der Waals surface area contributed by atoms with Gasteiger partial charge in [-0.3, -0.25) is 0 Å². The van der Waals surface area contributed by atoms with E-state index in [1.54, 1.807) is 0 Å². The second-order valence-electron chi connectivity index (χ2n) is 11.9. The number of hydrogen-bond donors (Lipinski definition) is 0. The van der Waals surface area contributed by atoms with Gasteiger partial charge in [0, 0.05) is 8.80 Å². The van der Waals surface area contributed by atoms with E-state index in [0.717, 1.165) is 31.6 Å². The van der Waals surface area contributed by atoms with Crippen molar-refractivity contribution in [2.45, 2.75) is 108 Å². The van der Waals surface area contributed by atoms with E-state index < -0.39 is 55.3 Å². The van der Waals surface area contributed by atoms with Crippen LogP contribution in [0.15, 0.2) is 24.3 Å². The maximum absolute atomic E-state index is 15.0. The summed E-state index contributed by atoms with van der Waals surface area (Å²) < 4.78 is 98.9. The maximum Gasteiger partial charge on any atom is 0.573 e. The van der Waals surface area contributed by atoms with Crippen LogP contribution in [0.1, 0.15) is 89.0 Å². The lowest BCUT2D eigenvalue weighted by atomic mass is 9.76. The average Bonchev–Trinajstić information content (AvgIpc) is 2.90. The Morgan fingerprint density at radius 1 is 0.750 bits per heavy atom. The van der Waals surface area contributed by atoms with Gasteiger partial charge in [-0.2, -0.15) is 0 Å². The topological polar surface area (TPSA) is 9.23 Å². The number of hydrogen-bond acceptors (Lipinski definition) is 1. The van der Waals surface area contributed by atoms with Gasteiger partial charge >= 0.3 is 6.36 Å². The molecule has 1 saturated carbocycles. The third-order valence-corrected chi connectivity index (χ3v) is 12.6. The fourth-order valence-corrected chi connectivity index (χ4v) is 10.4. The second-order valence-corrected chi connectivity index (χ2v) is 15.3. The van der Waals surface area contributed by atoms with Crippen LogP contribution in [0.3, 0.4) is 0 Å². The molecule has 0 spiro atoms. The zero-order valence-electron chi connectivity index (χ0n) is 23.1. The van der Waals surface area contributed by atoms with Crippen LogP contribution in [-0.4, -0.2) is 15.2 Å². The largest absolute Gasteiger partial charge is 0.573 e. The molecule has 2 aromatic rings. The molecule has 0 atom stereocenters. The first-order valence-electron chi connectivity index (χ1n) is 14.8. The average molecular weight is 589 g/mol. The van der Waals surface area contributed by atoms with E-state index in [0.29, 0.717) is 23.6 Å². The Morgan fingerprint density at radius 2 is 1.30 bits per heavy atom. The molecule has 4 rings (SSSR count). The minimum atomic E-state index is -5.31. The molecule has 0 N–H and O–H groups in total. The molecule has 0 bridgehead atoms. The quantitative estimate of drug-likeness (QED) is 0.152. The van der Waals surface area contributed by atoms with Crippen molar-refractivity contribution in [3.63, 3.8) is 0 Å². The van der Waals surface area contributed by atoms with Crippen molar-refractivity contribution in [2.24, 2.45) is 11.8 Å². The van der Waals surface area contributed by atoms with Gasteiger partial charge in [-0.15, -0.1) is 13.2 Å². The molecule has 1 nitrogen and oxygen atoms in total. The Kier molecular flexibility index (Phi) is 10.6. The van der Waals surface area contributed by atoms with Crippen molar-refractivity contribution in [1.29, 1.82) is 0 Å². The van der Waals surface area contributed by atoms with Crippen molar-refractivity contribution in [3.05, 3.63) is 53.1 Å². The van der Waals surface area contributed by atoms with Gasteiger partial charge in [0.25, 0.3) is 0 Å². The molecule has 2 aliphatic rings. The monoisotopic (exact) mass is 588 g/mol. The van der Waals surface area contributed by atoms with Crippen LogP contribution >= 0.6 is 0 Å². The summed E-state index contributed by atoms with van der Waals surface area (Å²) in [5.74, 6) is -5.59. The third-order valence-electron chi connectivity index (χ3n) is 9.05. The molecule has 0 amide bonds. The van der Waals surface area contributed by atoms with Gasteiger partial charge < -0.3 is 4.74 Å². The van der Waals surface area contributed by atoms with Crippen LogP contribution < -0.4 is 4.74 Å². The van der Waals surface area contributed by atoms with Gasteiger partial charge in [0.05, 0.1) is 5.56 Å². The predicted octanol–water partition coefficient (Wildman–Crippen LogP) is 10.7. The first-order chi connectivity index (χ1) is 19.0. The van der Waals surface area contributed by atoms with Gasteiger partial charge in [-0.05, 0) is 78.8 Å². The highest BCUT2D eigenvalue weighted by molar-refractivity contribution is 6.58. The molecular weight excluding hydrogens is 549 g/mol. The summed E-state index contributed by atoms with van der Waals surface area (Å²) in [7, 11) is -0.491. The van der Waals surface area contributed by atoms with E-state index >= 15 is 8.78 Å². The third kappa shape index (κ3) is 8.26. The van der Waals surface area contributed by atoms with E-state index in [4.69, 9.17) is 0 Å². The molecule has 0 radical (unpaired) electrons. The number of rotatable bonds is 10. The van der Waals surface area contributed by atoms with E-state index in [2.05, 4.69) is 11.7 Å². The molecule has 2 fully saturated rings. The fraction of sp³-hybridized carbons (Fsp3) is 0.613. The highest BCUT2D eigenvalue weighted by Crippen LogP contribution is 2.42. The maximum atomic E-state index is 15.0.